The first-order chi connectivity index (χ1) is 9.34. The summed E-state index contributed by atoms with van der Waals surface area (Å²) < 4.78 is 25.9. The molecule has 1 aromatic heterocycles. The summed E-state index contributed by atoms with van der Waals surface area (Å²) in [5.74, 6) is -1.60. The minimum Gasteiger partial charge on any atom is -0.478 e. The Morgan fingerprint density at radius 3 is 2.75 bits per heavy atom. The Balaban J connectivity index is 2.40. The molecule has 0 saturated carbocycles. The third kappa shape index (κ3) is 2.51. The number of nitrogens with zero attached hydrogens (tertiary/aromatic N) is 2. The summed E-state index contributed by atoms with van der Waals surface area (Å²) in [4.78, 5) is 22.4. The fourth-order valence-electron chi connectivity index (χ4n) is 1.95. The number of aromatic nitrogens is 2. The first-order valence-electron chi connectivity index (χ1n) is 5.89. The van der Waals surface area contributed by atoms with Gasteiger partial charge in [0.2, 0.25) is 10.9 Å². The molecule has 1 aromatic rings. The monoisotopic (exact) mass is 302 g/mol. The first kappa shape index (κ1) is 14.5. The number of carboxylic acid groups (broad SMARTS) is 1. The highest BCUT2D eigenvalue weighted by molar-refractivity contribution is 7.89. The van der Waals surface area contributed by atoms with Crippen molar-refractivity contribution in [1.29, 1.82) is 0 Å². The largest absolute Gasteiger partial charge is 0.478 e. The fourth-order valence-corrected chi connectivity index (χ4v) is 3.52. The van der Waals surface area contributed by atoms with Crippen molar-refractivity contribution in [2.24, 2.45) is 0 Å². The number of carbonyl (C=O) groups excluding carboxylic acids is 1. The molecule has 110 valence electrons. The molecule has 0 atom stereocenters. The summed E-state index contributed by atoms with van der Waals surface area (Å²) in [5, 5.41) is 17.1. The molecule has 0 aromatic carbocycles. The molecule has 1 aliphatic rings. The fraction of sp³-hybridized carbons (Fsp3) is 0.500. The zero-order valence-corrected chi connectivity index (χ0v) is 11.5. The molecular formula is C10H14N4O5S. The molecule has 1 saturated heterocycles. The molecule has 10 heteroatoms. The van der Waals surface area contributed by atoms with Gasteiger partial charge in [-0.25, -0.2) is 13.2 Å². The number of aromatic carboxylic acids is 1. The van der Waals surface area contributed by atoms with Crippen LogP contribution in [0.4, 0.5) is 0 Å². The maximum atomic E-state index is 12.4. The lowest BCUT2D eigenvalue weighted by Gasteiger charge is -2.17. The second-order valence-corrected chi connectivity index (χ2v) is 6.19. The van der Waals surface area contributed by atoms with Gasteiger partial charge in [-0.05, 0) is 6.92 Å². The van der Waals surface area contributed by atoms with E-state index in [2.05, 4.69) is 15.5 Å². The molecule has 2 rings (SSSR count). The highest BCUT2D eigenvalue weighted by Gasteiger charge is 2.34. The zero-order chi connectivity index (χ0) is 14.9. The van der Waals surface area contributed by atoms with Crippen LogP contribution in [0.3, 0.4) is 0 Å². The highest BCUT2D eigenvalue weighted by atomic mass is 32.2. The second kappa shape index (κ2) is 5.21. The van der Waals surface area contributed by atoms with Crippen molar-refractivity contribution in [2.75, 3.05) is 19.6 Å². The van der Waals surface area contributed by atoms with Crippen LogP contribution < -0.4 is 5.32 Å². The maximum Gasteiger partial charge on any atom is 0.340 e. The summed E-state index contributed by atoms with van der Waals surface area (Å²) in [6.07, 6.45) is 0.0328. The minimum absolute atomic E-state index is 0.000860. The van der Waals surface area contributed by atoms with Crippen LogP contribution in [0.1, 0.15) is 22.5 Å². The smallest absolute Gasteiger partial charge is 0.340 e. The average Bonchev–Trinajstić information content (AvgIpc) is 2.62. The van der Waals surface area contributed by atoms with Gasteiger partial charge in [0.05, 0.1) is 0 Å². The van der Waals surface area contributed by atoms with E-state index in [0.717, 1.165) is 4.31 Å². The van der Waals surface area contributed by atoms with Crippen LogP contribution in [0.25, 0.3) is 0 Å². The molecule has 0 radical (unpaired) electrons. The van der Waals surface area contributed by atoms with E-state index in [1.807, 2.05) is 0 Å². The quantitative estimate of drug-likeness (QED) is 0.651. The third-order valence-corrected chi connectivity index (χ3v) is 4.81. The van der Waals surface area contributed by atoms with Gasteiger partial charge in [-0.1, -0.05) is 0 Å². The van der Waals surface area contributed by atoms with Crippen molar-refractivity contribution in [3.63, 3.8) is 0 Å². The topological polar surface area (TPSA) is 132 Å². The lowest BCUT2D eigenvalue weighted by atomic mass is 10.3. The molecule has 1 amide bonds. The van der Waals surface area contributed by atoms with Gasteiger partial charge in [0, 0.05) is 31.7 Å². The number of aryl methyl sites for hydroxylation is 1. The molecule has 1 aliphatic heterocycles. The van der Waals surface area contributed by atoms with Gasteiger partial charge >= 0.3 is 5.97 Å². The molecule has 0 aliphatic carbocycles. The Morgan fingerprint density at radius 2 is 2.10 bits per heavy atom. The maximum absolute atomic E-state index is 12.4. The van der Waals surface area contributed by atoms with E-state index in [1.54, 1.807) is 0 Å². The lowest BCUT2D eigenvalue weighted by Crippen LogP contribution is -2.35. The molecule has 1 fully saturated rings. The van der Waals surface area contributed by atoms with E-state index < -0.39 is 21.0 Å². The molecule has 20 heavy (non-hydrogen) atoms. The number of hydrogen-bond donors (Lipinski definition) is 3. The van der Waals surface area contributed by atoms with Gasteiger partial charge in [-0.3, -0.25) is 9.89 Å². The molecule has 9 nitrogen and oxygen atoms in total. The number of H-pyrrole nitrogens is 1. The zero-order valence-electron chi connectivity index (χ0n) is 10.7. The number of nitrogens with one attached hydrogen (secondary N) is 2. The SMILES string of the molecule is Cc1[nH]nc(S(=O)(=O)N2CCNC(=O)CC2)c1C(=O)O. The first-order valence-corrected chi connectivity index (χ1v) is 7.33. The number of rotatable bonds is 3. The van der Waals surface area contributed by atoms with E-state index in [1.165, 1.54) is 6.92 Å². The van der Waals surface area contributed by atoms with Gasteiger partial charge in [-0.2, -0.15) is 9.40 Å². The molecular weight excluding hydrogens is 288 g/mol. The average molecular weight is 302 g/mol. The van der Waals surface area contributed by atoms with Crippen LogP contribution >= 0.6 is 0 Å². The Labute approximate surface area is 115 Å². The number of carboxylic acids is 1. The summed E-state index contributed by atoms with van der Waals surface area (Å²) >= 11 is 0. The van der Waals surface area contributed by atoms with E-state index in [-0.39, 0.29) is 43.2 Å². The normalized spacial score (nSPS) is 17.6. The van der Waals surface area contributed by atoms with Gasteiger partial charge in [0.1, 0.15) is 5.56 Å². The lowest BCUT2D eigenvalue weighted by molar-refractivity contribution is -0.120. The second-order valence-electron chi connectivity index (χ2n) is 4.34. The standard InChI is InChI=1S/C10H14N4O5S/c1-6-8(10(16)17)9(13-12-6)20(18,19)14-4-2-7(15)11-3-5-14/h2-5H2,1H3,(H,11,15)(H,12,13)(H,16,17). The molecule has 0 unspecified atom stereocenters. The van der Waals surface area contributed by atoms with Gasteiger partial charge in [-0.15, -0.1) is 0 Å². The highest BCUT2D eigenvalue weighted by Crippen LogP contribution is 2.21. The van der Waals surface area contributed by atoms with Crippen molar-refractivity contribution in [2.45, 2.75) is 18.4 Å². The van der Waals surface area contributed by atoms with Crippen molar-refractivity contribution < 1.29 is 23.1 Å². The van der Waals surface area contributed by atoms with Crippen LogP contribution in [0.2, 0.25) is 0 Å². The Hall–Kier alpha value is -1.94. The van der Waals surface area contributed by atoms with Gasteiger partial charge in [0.15, 0.2) is 0 Å². The predicted molar refractivity (Wildman–Crippen MR) is 66.7 cm³/mol. The van der Waals surface area contributed by atoms with E-state index >= 15 is 0 Å². The van der Waals surface area contributed by atoms with Gasteiger partial charge < -0.3 is 10.4 Å². The van der Waals surface area contributed by atoms with Crippen molar-refractivity contribution >= 4 is 21.9 Å². The Bertz CT molecular complexity index is 651. The number of hydrogen-bond acceptors (Lipinski definition) is 5. The minimum atomic E-state index is -4.05. The van der Waals surface area contributed by atoms with Crippen molar-refractivity contribution in [3.05, 3.63) is 11.3 Å². The molecule has 3 N–H and O–H groups in total. The van der Waals surface area contributed by atoms with E-state index in [4.69, 9.17) is 5.11 Å². The summed E-state index contributed by atoms with van der Waals surface area (Å²) in [6, 6.07) is 0. The number of amides is 1. The molecule has 0 spiro atoms. The van der Waals surface area contributed by atoms with Crippen molar-refractivity contribution in [3.8, 4) is 0 Å². The van der Waals surface area contributed by atoms with E-state index in [0.29, 0.717) is 0 Å². The summed E-state index contributed by atoms with van der Waals surface area (Å²) in [6.45, 7) is 1.70. The number of carbonyl (C=O) groups is 2. The van der Waals surface area contributed by atoms with Crippen LogP contribution in [0.15, 0.2) is 5.03 Å². The third-order valence-electron chi connectivity index (χ3n) is 2.98. The summed E-state index contributed by atoms with van der Waals surface area (Å²) in [5.41, 5.74) is -0.200. The van der Waals surface area contributed by atoms with Gasteiger partial charge in [0.25, 0.3) is 10.0 Å². The molecule has 0 bridgehead atoms. The Morgan fingerprint density at radius 1 is 1.40 bits per heavy atom. The van der Waals surface area contributed by atoms with E-state index in [9.17, 15) is 18.0 Å². The van der Waals surface area contributed by atoms with Crippen LogP contribution in [-0.4, -0.2) is 59.5 Å². The molecule has 2 heterocycles. The van der Waals surface area contributed by atoms with Crippen molar-refractivity contribution in [1.82, 2.24) is 19.8 Å². The summed E-state index contributed by atoms with van der Waals surface area (Å²) in [7, 11) is -4.05. The Kier molecular flexibility index (Phi) is 3.77. The number of aromatic amines is 1. The number of sulfonamides is 1. The van der Waals surface area contributed by atoms with Crippen LogP contribution in [0, 0.1) is 6.92 Å². The van der Waals surface area contributed by atoms with Crippen LogP contribution in [0.5, 0.6) is 0 Å². The van der Waals surface area contributed by atoms with Crippen LogP contribution in [-0.2, 0) is 14.8 Å². The predicted octanol–water partition coefficient (Wildman–Crippen LogP) is -1.07.